The van der Waals surface area contributed by atoms with Crippen LogP contribution in [-0.2, 0) is 0 Å². The van der Waals surface area contributed by atoms with Gasteiger partial charge in [-0.3, -0.25) is 0 Å². The second kappa shape index (κ2) is 9.35. The summed E-state index contributed by atoms with van der Waals surface area (Å²) < 4.78 is 7.90. The number of nitrogen functional groups attached to an aromatic ring is 1. The predicted molar refractivity (Wildman–Crippen MR) is 129 cm³/mol. The minimum Gasteiger partial charge on any atom is -0.493 e. The molecule has 1 atom stereocenters. The summed E-state index contributed by atoms with van der Waals surface area (Å²) in [6, 6.07) is 3.55. The van der Waals surface area contributed by atoms with Gasteiger partial charge in [0.05, 0.1) is 34.3 Å². The molecule has 4 rings (SSSR count). The van der Waals surface area contributed by atoms with Crippen LogP contribution in [0.4, 0.5) is 10.6 Å². The predicted octanol–water partition coefficient (Wildman–Crippen LogP) is 3.38. The molecule has 1 unspecified atom stereocenters. The van der Waals surface area contributed by atoms with Gasteiger partial charge in [-0.1, -0.05) is 11.6 Å². The number of nitriles is 1. The van der Waals surface area contributed by atoms with Crippen LogP contribution in [0.1, 0.15) is 55.1 Å². The molecule has 34 heavy (non-hydrogen) atoms. The Balaban J connectivity index is 1.82. The average Bonchev–Trinajstić information content (AvgIpc) is 3.11. The molecule has 0 radical (unpaired) electrons. The first kappa shape index (κ1) is 23.6. The average molecular weight is 483 g/mol. The van der Waals surface area contributed by atoms with Crippen molar-refractivity contribution in [2.24, 2.45) is 0 Å². The van der Waals surface area contributed by atoms with Crippen LogP contribution in [0.2, 0.25) is 5.02 Å². The number of urea groups is 1. The third kappa shape index (κ3) is 3.86. The van der Waals surface area contributed by atoms with E-state index < -0.39 is 0 Å². The van der Waals surface area contributed by atoms with Crippen molar-refractivity contribution in [1.29, 1.82) is 5.26 Å². The van der Waals surface area contributed by atoms with E-state index in [0.29, 0.717) is 59.4 Å². The molecule has 0 bridgehead atoms. The lowest BCUT2D eigenvalue weighted by molar-refractivity contribution is 0.150. The highest BCUT2D eigenvalue weighted by Crippen LogP contribution is 2.44. The lowest BCUT2D eigenvalue weighted by Crippen LogP contribution is -2.52. The van der Waals surface area contributed by atoms with Crippen LogP contribution in [0.25, 0.3) is 11.0 Å². The quantitative estimate of drug-likeness (QED) is 0.549. The number of rotatable bonds is 6. The first-order valence-electron chi connectivity index (χ1n) is 11.2. The molecule has 1 fully saturated rings. The van der Waals surface area contributed by atoms with Crippen LogP contribution >= 0.6 is 11.6 Å². The van der Waals surface area contributed by atoms with Gasteiger partial charge in [0.2, 0.25) is 0 Å². The Morgan fingerprint density at radius 1 is 1.41 bits per heavy atom. The lowest BCUT2D eigenvalue weighted by Gasteiger charge is -2.40. The number of anilines is 1. The first-order chi connectivity index (χ1) is 16.3. The number of hydrogen-bond acceptors (Lipinski definition) is 7. The standard InChI is InChI=1S/C23H27ClN8O2/c1-5-27-23(33)31-9-14(10-31)19-16(8-25)17(24)7-15(20(19)34-6-2)13(4)32-22-18(12(3)30-32)21(26)28-11-29-22/h7,11,13-14H,5-6,9-10H2,1-4H3,(H,27,33)(H2,26,28,29). The summed E-state index contributed by atoms with van der Waals surface area (Å²) in [5.74, 6) is 0.891. The Kier molecular flexibility index (Phi) is 6.48. The third-order valence-corrected chi connectivity index (χ3v) is 6.41. The number of fused-ring (bicyclic) bond motifs is 1. The number of nitrogens with two attached hydrogens (primary N) is 1. The molecule has 0 spiro atoms. The van der Waals surface area contributed by atoms with Crippen LogP contribution in [0.3, 0.4) is 0 Å². The van der Waals surface area contributed by atoms with Gasteiger partial charge in [0, 0.05) is 36.7 Å². The number of nitrogens with zero attached hydrogens (tertiary/aromatic N) is 6. The van der Waals surface area contributed by atoms with Crippen molar-refractivity contribution < 1.29 is 9.53 Å². The van der Waals surface area contributed by atoms with Gasteiger partial charge in [0.1, 0.15) is 24.0 Å². The SMILES string of the molecule is CCNC(=O)N1CC(c2c(C#N)c(Cl)cc(C(C)n3nc(C)c4c(N)ncnc43)c2OCC)C1. The summed E-state index contributed by atoms with van der Waals surface area (Å²) >= 11 is 6.61. The molecule has 2 amide bonds. The molecule has 10 nitrogen and oxygen atoms in total. The summed E-state index contributed by atoms with van der Waals surface area (Å²) in [6.07, 6.45) is 1.41. The molecule has 3 aromatic rings. The third-order valence-electron chi connectivity index (χ3n) is 6.11. The van der Waals surface area contributed by atoms with E-state index in [1.165, 1.54) is 6.33 Å². The summed E-state index contributed by atoms with van der Waals surface area (Å²) in [7, 11) is 0. The topological polar surface area (TPSA) is 135 Å². The van der Waals surface area contributed by atoms with Crippen molar-refractivity contribution in [1.82, 2.24) is 30.0 Å². The Morgan fingerprint density at radius 3 is 2.79 bits per heavy atom. The summed E-state index contributed by atoms with van der Waals surface area (Å²) in [5, 5.41) is 18.4. The second-order valence-corrected chi connectivity index (χ2v) is 8.62. The molecule has 1 saturated heterocycles. The number of halogens is 1. The summed E-state index contributed by atoms with van der Waals surface area (Å²) in [4.78, 5) is 22.4. The van der Waals surface area contributed by atoms with Gasteiger partial charge in [-0.25, -0.2) is 19.4 Å². The minimum atomic E-state index is -0.324. The minimum absolute atomic E-state index is 0.0717. The molecule has 0 saturated carbocycles. The zero-order valence-electron chi connectivity index (χ0n) is 19.6. The Hall–Kier alpha value is -3.58. The van der Waals surface area contributed by atoms with Gasteiger partial charge in [-0.2, -0.15) is 10.4 Å². The molecule has 1 aliphatic rings. The van der Waals surface area contributed by atoms with E-state index in [0.717, 1.165) is 16.8 Å². The molecule has 0 aliphatic carbocycles. The van der Waals surface area contributed by atoms with E-state index in [1.54, 1.807) is 15.6 Å². The number of ether oxygens (including phenoxy) is 1. The first-order valence-corrected chi connectivity index (χ1v) is 11.6. The molecule has 2 aromatic heterocycles. The second-order valence-electron chi connectivity index (χ2n) is 8.21. The number of aryl methyl sites for hydroxylation is 1. The fraction of sp³-hybridized carbons (Fsp3) is 0.435. The maximum Gasteiger partial charge on any atom is 0.317 e. The van der Waals surface area contributed by atoms with Gasteiger partial charge in [-0.15, -0.1) is 0 Å². The van der Waals surface area contributed by atoms with Crippen molar-refractivity contribution in [3.05, 3.63) is 39.8 Å². The molecule has 178 valence electrons. The largest absolute Gasteiger partial charge is 0.493 e. The van der Waals surface area contributed by atoms with Gasteiger partial charge < -0.3 is 20.7 Å². The number of benzene rings is 1. The van der Waals surface area contributed by atoms with Crippen molar-refractivity contribution in [2.45, 2.75) is 39.7 Å². The number of aromatic nitrogens is 4. The number of nitrogens with one attached hydrogen (secondary N) is 1. The van der Waals surface area contributed by atoms with Crippen LogP contribution in [0.5, 0.6) is 5.75 Å². The zero-order valence-corrected chi connectivity index (χ0v) is 20.3. The molecule has 1 aromatic carbocycles. The molecular formula is C23H27ClN8O2. The van der Waals surface area contributed by atoms with Crippen molar-refractivity contribution in [2.75, 3.05) is 32.0 Å². The number of amides is 2. The molecule has 1 aliphatic heterocycles. The van der Waals surface area contributed by atoms with Crippen LogP contribution < -0.4 is 15.8 Å². The van der Waals surface area contributed by atoms with Crippen LogP contribution in [-0.4, -0.2) is 56.9 Å². The Bertz CT molecular complexity index is 1290. The monoisotopic (exact) mass is 482 g/mol. The van der Waals surface area contributed by atoms with Gasteiger partial charge in [0.25, 0.3) is 0 Å². The summed E-state index contributed by atoms with van der Waals surface area (Å²) in [5.41, 5.74) is 9.27. The maximum atomic E-state index is 12.2. The molecule has 11 heteroatoms. The highest BCUT2D eigenvalue weighted by Gasteiger charge is 2.37. The van der Waals surface area contributed by atoms with E-state index in [1.807, 2.05) is 27.7 Å². The van der Waals surface area contributed by atoms with Crippen molar-refractivity contribution in [3.63, 3.8) is 0 Å². The smallest absolute Gasteiger partial charge is 0.317 e. The maximum absolute atomic E-state index is 12.2. The normalized spacial score (nSPS) is 14.5. The number of carbonyl (C=O) groups is 1. The number of likely N-dealkylation sites (tertiary alicyclic amines) is 1. The van der Waals surface area contributed by atoms with Crippen LogP contribution in [0, 0.1) is 18.3 Å². The number of carbonyl (C=O) groups excluding carboxylic acids is 1. The van der Waals surface area contributed by atoms with E-state index in [-0.39, 0.29) is 18.0 Å². The summed E-state index contributed by atoms with van der Waals surface area (Å²) in [6.45, 7) is 9.50. The highest BCUT2D eigenvalue weighted by molar-refractivity contribution is 6.32. The van der Waals surface area contributed by atoms with Crippen molar-refractivity contribution in [3.8, 4) is 11.8 Å². The molecular weight excluding hydrogens is 456 g/mol. The molecule has 3 N–H and O–H groups in total. The fourth-order valence-corrected chi connectivity index (χ4v) is 4.71. The zero-order chi connectivity index (χ0) is 24.6. The lowest BCUT2D eigenvalue weighted by atomic mass is 9.85. The van der Waals surface area contributed by atoms with E-state index >= 15 is 0 Å². The Morgan fingerprint density at radius 2 is 2.15 bits per heavy atom. The molecule has 3 heterocycles. The fourth-order valence-electron chi connectivity index (χ4n) is 4.45. The van der Waals surface area contributed by atoms with E-state index in [2.05, 4.69) is 26.5 Å². The van der Waals surface area contributed by atoms with E-state index in [9.17, 15) is 10.1 Å². The van der Waals surface area contributed by atoms with Crippen LogP contribution in [0.15, 0.2) is 12.4 Å². The van der Waals surface area contributed by atoms with Gasteiger partial charge in [0.15, 0.2) is 5.65 Å². The van der Waals surface area contributed by atoms with Gasteiger partial charge in [-0.05, 0) is 33.8 Å². The Labute approximate surface area is 202 Å². The highest BCUT2D eigenvalue weighted by atomic mass is 35.5. The van der Waals surface area contributed by atoms with E-state index in [4.69, 9.17) is 22.1 Å². The van der Waals surface area contributed by atoms with Gasteiger partial charge >= 0.3 is 6.03 Å². The number of hydrogen-bond donors (Lipinski definition) is 2. The van der Waals surface area contributed by atoms with Crippen molar-refractivity contribution >= 4 is 34.5 Å².